The van der Waals surface area contributed by atoms with Crippen molar-refractivity contribution < 1.29 is 9.84 Å². The highest BCUT2D eigenvalue weighted by atomic mass is 79.9. The lowest BCUT2D eigenvalue weighted by atomic mass is 10.4. The predicted molar refractivity (Wildman–Crippen MR) is 63.7 cm³/mol. The smallest absolute Gasteiger partial charge is 0.245 e. The predicted octanol–water partition coefficient (Wildman–Crippen LogP) is 1.31. The maximum Gasteiger partial charge on any atom is 0.245 e. The van der Waals surface area contributed by atoms with Gasteiger partial charge in [0.15, 0.2) is 11.2 Å². The van der Waals surface area contributed by atoms with Gasteiger partial charge >= 0.3 is 0 Å². The zero-order chi connectivity index (χ0) is 10.8. The summed E-state index contributed by atoms with van der Waals surface area (Å²) in [4.78, 5) is 12.1. The molecular formula is C9H13BrN4O2. The number of halogens is 1. The molecule has 1 atom stereocenters. The molecule has 1 unspecified atom stereocenters. The highest BCUT2D eigenvalue weighted by Crippen LogP contribution is 2.21. The van der Waals surface area contributed by atoms with Crippen LogP contribution in [0.4, 0.5) is 0 Å². The number of hydrogen-bond donors (Lipinski definition) is 1. The van der Waals surface area contributed by atoms with E-state index in [1.54, 1.807) is 4.57 Å². The molecule has 0 fully saturated rings. The van der Waals surface area contributed by atoms with Gasteiger partial charge in [-0.05, 0) is 6.42 Å². The second-order valence-electron chi connectivity index (χ2n) is 3.10. The molecule has 0 spiro atoms. The topological polar surface area (TPSA) is 73.1 Å². The van der Waals surface area contributed by atoms with E-state index in [0.717, 1.165) is 0 Å². The van der Waals surface area contributed by atoms with Gasteiger partial charge in [0, 0.05) is 0 Å². The fourth-order valence-corrected chi connectivity index (χ4v) is 1.39. The maximum atomic E-state index is 9.70. The average Bonchev–Trinajstić information content (AvgIpc) is 2.71. The molecule has 2 aromatic rings. The standard InChI is InChI=1S/C9H12N4O2.BrH/c1-3-6(14)13-5-12-7-8(13)10-4-11-9(7)15-2;/h4-6,14H,3H2,1-2H3;1H. The van der Waals surface area contributed by atoms with Crippen LogP contribution in [0.2, 0.25) is 0 Å². The van der Waals surface area contributed by atoms with Crippen LogP contribution in [0.3, 0.4) is 0 Å². The molecule has 0 amide bonds. The molecule has 6 nitrogen and oxygen atoms in total. The number of nitrogens with zero attached hydrogens (tertiary/aromatic N) is 4. The molecule has 0 aliphatic carbocycles. The molecular weight excluding hydrogens is 276 g/mol. The van der Waals surface area contributed by atoms with E-state index in [9.17, 15) is 5.11 Å². The first-order chi connectivity index (χ1) is 7.27. The van der Waals surface area contributed by atoms with Gasteiger partial charge in [0.2, 0.25) is 5.88 Å². The first kappa shape index (κ1) is 12.9. The third kappa shape index (κ3) is 2.00. The number of aliphatic hydroxyl groups excluding tert-OH is 1. The molecule has 1 N–H and O–H groups in total. The number of hydrogen-bond acceptors (Lipinski definition) is 5. The number of methoxy groups -OCH3 is 1. The Kier molecular flexibility index (Phi) is 4.19. The summed E-state index contributed by atoms with van der Waals surface area (Å²) < 4.78 is 6.64. The molecule has 0 saturated heterocycles. The molecule has 0 saturated carbocycles. The minimum atomic E-state index is -0.616. The number of rotatable bonds is 3. The first-order valence-electron chi connectivity index (χ1n) is 4.67. The molecule has 0 aliphatic heterocycles. The minimum Gasteiger partial charge on any atom is -0.479 e. The Morgan fingerprint density at radius 1 is 1.44 bits per heavy atom. The lowest BCUT2D eigenvalue weighted by Gasteiger charge is -2.09. The summed E-state index contributed by atoms with van der Waals surface area (Å²) in [5.41, 5.74) is 1.14. The highest BCUT2D eigenvalue weighted by molar-refractivity contribution is 8.93. The van der Waals surface area contributed by atoms with Crippen LogP contribution in [0.15, 0.2) is 12.7 Å². The monoisotopic (exact) mass is 288 g/mol. The number of imidazole rings is 1. The summed E-state index contributed by atoms with van der Waals surface area (Å²) in [6.45, 7) is 1.88. The number of ether oxygens (including phenoxy) is 1. The van der Waals surface area contributed by atoms with Crippen molar-refractivity contribution >= 4 is 28.1 Å². The van der Waals surface area contributed by atoms with Crippen LogP contribution in [0, 0.1) is 0 Å². The van der Waals surface area contributed by atoms with Gasteiger partial charge in [-0.15, -0.1) is 17.0 Å². The second kappa shape index (κ2) is 5.22. The summed E-state index contributed by atoms with van der Waals surface area (Å²) >= 11 is 0. The van der Waals surface area contributed by atoms with Gasteiger partial charge in [-0.25, -0.2) is 9.97 Å². The van der Waals surface area contributed by atoms with Crippen molar-refractivity contribution in [1.29, 1.82) is 0 Å². The van der Waals surface area contributed by atoms with Crippen LogP contribution >= 0.6 is 17.0 Å². The molecule has 2 aromatic heterocycles. The Morgan fingerprint density at radius 3 is 2.81 bits per heavy atom. The number of fused-ring (bicyclic) bond motifs is 1. The quantitative estimate of drug-likeness (QED) is 0.922. The van der Waals surface area contributed by atoms with Gasteiger partial charge in [0.05, 0.1) is 13.4 Å². The lowest BCUT2D eigenvalue weighted by molar-refractivity contribution is 0.103. The normalized spacial score (nSPS) is 12.2. The Hall–Kier alpha value is -1.21. The van der Waals surface area contributed by atoms with Crippen molar-refractivity contribution in [1.82, 2.24) is 19.5 Å². The van der Waals surface area contributed by atoms with E-state index >= 15 is 0 Å². The van der Waals surface area contributed by atoms with E-state index in [-0.39, 0.29) is 17.0 Å². The highest BCUT2D eigenvalue weighted by Gasteiger charge is 2.13. The summed E-state index contributed by atoms with van der Waals surface area (Å²) in [6, 6.07) is 0. The summed E-state index contributed by atoms with van der Waals surface area (Å²) in [5.74, 6) is 0.419. The molecule has 2 rings (SSSR count). The van der Waals surface area contributed by atoms with E-state index < -0.39 is 6.23 Å². The van der Waals surface area contributed by atoms with E-state index in [4.69, 9.17) is 4.74 Å². The van der Waals surface area contributed by atoms with E-state index in [0.29, 0.717) is 23.5 Å². The van der Waals surface area contributed by atoms with Gasteiger partial charge < -0.3 is 9.84 Å². The van der Waals surface area contributed by atoms with Crippen molar-refractivity contribution in [3.05, 3.63) is 12.7 Å². The SMILES string of the molecule is Br.CCC(O)n1cnc2c(OC)ncnc21. The fraction of sp³-hybridized carbons (Fsp3) is 0.444. The minimum absolute atomic E-state index is 0. The maximum absolute atomic E-state index is 9.70. The van der Waals surface area contributed by atoms with Crippen LogP contribution in [0.1, 0.15) is 19.6 Å². The molecule has 0 aliphatic rings. The Morgan fingerprint density at radius 2 is 2.19 bits per heavy atom. The fourth-order valence-electron chi connectivity index (χ4n) is 1.39. The van der Waals surface area contributed by atoms with Gasteiger partial charge in [-0.2, -0.15) is 4.98 Å². The van der Waals surface area contributed by atoms with Gasteiger partial charge in [-0.3, -0.25) is 4.57 Å². The summed E-state index contributed by atoms with van der Waals surface area (Å²) in [6.07, 6.45) is 2.91. The Bertz CT molecular complexity index is 473. The van der Waals surface area contributed by atoms with Crippen LogP contribution in [-0.2, 0) is 0 Å². The molecule has 0 radical (unpaired) electrons. The van der Waals surface area contributed by atoms with Crippen molar-refractivity contribution in [2.75, 3.05) is 7.11 Å². The van der Waals surface area contributed by atoms with Gasteiger partial charge in [0.25, 0.3) is 0 Å². The second-order valence-corrected chi connectivity index (χ2v) is 3.10. The molecule has 0 bridgehead atoms. The third-order valence-corrected chi connectivity index (χ3v) is 2.20. The largest absolute Gasteiger partial charge is 0.479 e. The van der Waals surface area contributed by atoms with Crippen LogP contribution < -0.4 is 4.74 Å². The molecule has 88 valence electrons. The molecule has 7 heteroatoms. The lowest BCUT2D eigenvalue weighted by Crippen LogP contribution is -2.06. The molecule has 16 heavy (non-hydrogen) atoms. The Balaban J connectivity index is 0.00000128. The van der Waals surface area contributed by atoms with Crippen molar-refractivity contribution in [2.24, 2.45) is 0 Å². The third-order valence-electron chi connectivity index (χ3n) is 2.20. The van der Waals surface area contributed by atoms with Crippen molar-refractivity contribution in [3.8, 4) is 5.88 Å². The van der Waals surface area contributed by atoms with E-state index in [2.05, 4.69) is 15.0 Å². The molecule has 2 heterocycles. The van der Waals surface area contributed by atoms with Crippen LogP contribution in [-0.4, -0.2) is 31.7 Å². The summed E-state index contributed by atoms with van der Waals surface area (Å²) in [7, 11) is 1.52. The van der Waals surface area contributed by atoms with Gasteiger partial charge in [-0.1, -0.05) is 6.92 Å². The van der Waals surface area contributed by atoms with Gasteiger partial charge in [0.1, 0.15) is 12.6 Å². The average molecular weight is 289 g/mol. The van der Waals surface area contributed by atoms with Crippen LogP contribution in [0.5, 0.6) is 5.88 Å². The number of aliphatic hydroxyl groups is 1. The van der Waals surface area contributed by atoms with E-state index in [1.165, 1.54) is 19.8 Å². The number of aromatic nitrogens is 4. The molecule has 0 aromatic carbocycles. The Labute approximate surface area is 103 Å². The zero-order valence-corrected chi connectivity index (χ0v) is 10.7. The van der Waals surface area contributed by atoms with Crippen molar-refractivity contribution in [3.63, 3.8) is 0 Å². The van der Waals surface area contributed by atoms with Crippen LogP contribution in [0.25, 0.3) is 11.2 Å². The first-order valence-corrected chi connectivity index (χ1v) is 4.67. The van der Waals surface area contributed by atoms with E-state index in [1.807, 2.05) is 6.92 Å². The zero-order valence-electron chi connectivity index (χ0n) is 8.99. The van der Waals surface area contributed by atoms with Crippen molar-refractivity contribution in [2.45, 2.75) is 19.6 Å². The summed E-state index contributed by atoms with van der Waals surface area (Å²) in [5, 5.41) is 9.70.